The summed E-state index contributed by atoms with van der Waals surface area (Å²) >= 11 is 0. The number of aromatic nitrogens is 1. The van der Waals surface area contributed by atoms with Crippen LogP contribution in [0.2, 0.25) is 0 Å². The van der Waals surface area contributed by atoms with Gasteiger partial charge in [0.25, 0.3) is 0 Å². The second kappa shape index (κ2) is 3.50. The molecule has 0 saturated carbocycles. The van der Waals surface area contributed by atoms with Crippen molar-refractivity contribution in [1.82, 2.24) is 10.3 Å². The van der Waals surface area contributed by atoms with Crippen molar-refractivity contribution in [3.63, 3.8) is 0 Å². The third-order valence-electron chi connectivity index (χ3n) is 2.59. The van der Waals surface area contributed by atoms with Gasteiger partial charge in [0, 0.05) is 6.42 Å². The lowest BCUT2D eigenvalue weighted by atomic mass is 9.97. The fourth-order valence-electron chi connectivity index (χ4n) is 1.59. The van der Waals surface area contributed by atoms with E-state index >= 15 is 0 Å². The van der Waals surface area contributed by atoms with Crippen LogP contribution in [-0.2, 0) is 12.8 Å². The maximum absolute atomic E-state index is 5.50. The zero-order valence-corrected chi connectivity index (χ0v) is 8.26. The predicted octanol–water partition coefficient (Wildman–Crippen LogP) is 1.31. The van der Waals surface area contributed by atoms with Crippen molar-refractivity contribution >= 4 is 0 Å². The van der Waals surface area contributed by atoms with E-state index in [0.717, 1.165) is 49.2 Å². The van der Waals surface area contributed by atoms with E-state index in [4.69, 9.17) is 4.42 Å². The Kier molecular flexibility index (Phi) is 2.36. The number of oxazole rings is 1. The van der Waals surface area contributed by atoms with E-state index in [1.807, 2.05) is 6.92 Å². The zero-order chi connectivity index (χ0) is 9.26. The minimum Gasteiger partial charge on any atom is -0.446 e. The molecule has 0 spiro atoms. The number of rotatable bonds is 3. The molecule has 1 aliphatic heterocycles. The van der Waals surface area contributed by atoms with Gasteiger partial charge < -0.3 is 9.73 Å². The van der Waals surface area contributed by atoms with Crippen molar-refractivity contribution in [3.05, 3.63) is 17.3 Å². The average Bonchev–Trinajstić information content (AvgIpc) is 2.39. The molecule has 0 unspecified atom stereocenters. The molecule has 72 valence electrons. The third kappa shape index (κ3) is 1.75. The van der Waals surface area contributed by atoms with Crippen molar-refractivity contribution in [1.29, 1.82) is 0 Å². The Hall–Kier alpha value is -0.830. The van der Waals surface area contributed by atoms with Crippen LogP contribution in [0, 0.1) is 12.8 Å². The van der Waals surface area contributed by atoms with Crippen LogP contribution in [0.1, 0.15) is 24.3 Å². The lowest BCUT2D eigenvalue weighted by Crippen LogP contribution is -2.43. The maximum Gasteiger partial charge on any atom is 0.194 e. The fraction of sp³-hybridized carbons (Fsp3) is 0.700. The summed E-state index contributed by atoms with van der Waals surface area (Å²) in [6, 6.07) is 0. The SMILES string of the molecule is CCc1nc(CC2CNC2)c(C)o1. The molecule has 1 saturated heterocycles. The van der Waals surface area contributed by atoms with Crippen LogP contribution in [-0.4, -0.2) is 18.1 Å². The lowest BCUT2D eigenvalue weighted by Gasteiger charge is -2.26. The summed E-state index contributed by atoms with van der Waals surface area (Å²) < 4.78 is 5.50. The molecule has 2 heterocycles. The molecule has 1 fully saturated rings. The summed E-state index contributed by atoms with van der Waals surface area (Å²) in [6.45, 7) is 6.34. The van der Waals surface area contributed by atoms with E-state index in [1.54, 1.807) is 0 Å². The van der Waals surface area contributed by atoms with Gasteiger partial charge >= 0.3 is 0 Å². The number of hydrogen-bond donors (Lipinski definition) is 1. The molecule has 0 aromatic carbocycles. The van der Waals surface area contributed by atoms with Crippen LogP contribution in [0.3, 0.4) is 0 Å². The highest BCUT2D eigenvalue weighted by atomic mass is 16.4. The Labute approximate surface area is 78.5 Å². The van der Waals surface area contributed by atoms with Crippen LogP contribution in [0.15, 0.2) is 4.42 Å². The summed E-state index contributed by atoms with van der Waals surface area (Å²) in [7, 11) is 0. The van der Waals surface area contributed by atoms with Crippen molar-refractivity contribution in [2.24, 2.45) is 5.92 Å². The normalized spacial score (nSPS) is 17.4. The van der Waals surface area contributed by atoms with Crippen LogP contribution < -0.4 is 5.32 Å². The summed E-state index contributed by atoms with van der Waals surface area (Å²) in [4.78, 5) is 4.46. The van der Waals surface area contributed by atoms with Gasteiger partial charge in [-0.1, -0.05) is 6.92 Å². The van der Waals surface area contributed by atoms with Gasteiger partial charge in [-0.15, -0.1) is 0 Å². The molecule has 1 aromatic rings. The Morgan fingerprint density at radius 3 is 2.77 bits per heavy atom. The van der Waals surface area contributed by atoms with Crippen molar-refractivity contribution in [2.45, 2.75) is 26.7 Å². The van der Waals surface area contributed by atoms with Gasteiger partial charge in [0.05, 0.1) is 5.69 Å². The number of nitrogens with zero attached hydrogens (tertiary/aromatic N) is 1. The molecule has 0 radical (unpaired) electrons. The van der Waals surface area contributed by atoms with E-state index in [1.165, 1.54) is 0 Å². The highest BCUT2D eigenvalue weighted by Crippen LogP contribution is 2.16. The van der Waals surface area contributed by atoms with Gasteiger partial charge in [-0.25, -0.2) is 4.98 Å². The van der Waals surface area contributed by atoms with Gasteiger partial charge in [0.2, 0.25) is 0 Å². The van der Waals surface area contributed by atoms with Gasteiger partial charge in [-0.2, -0.15) is 0 Å². The van der Waals surface area contributed by atoms with Crippen LogP contribution >= 0.6 is 0 Å². The molecule has 3 heteroatoms. The predicted molar refractivity (Wildman–Crippen MR) is 50.7 cm³/mol. The van der Waals surface area contributed by atoms with Crippen molar-refractivity contribution in [3.8, 4) is 0 Å². The van der Waals surface area contributed by atoms with E-state index < -0.39 is 0 Å². The fourth-order valence-corrected chi connectivity index (χ4v) is 1.59. The number of hydrogen-bond acceptors (Lipinski definition) is 3. The summed E-state index contributed by atoms with van der Waals surface area (Å²) in [5.41, 5.74) is 1.16. The summed E-state index contributed by atoms with van der Waals surface area (Å²) in [5.74, 6) is 2.65. The molecule has 3 nitrogen and oxygen atoms in total. The Morgan fingerprint density at radius 2 is 2.31 bits per heavy atom. The summed E-state index contributed by atoms with van der Waals surface area (Å²) in [5, 5.41) is 3.26. The first-order valence-electron chi connectivity index (χ1n) is 4.95. The second-order valence-corrected chi connectivity index (χ2v) is 3.69. The van der Waals surface area contributed by atoms with Gasteiger partial charge in [0.15, 0.2) is 5.89 Å². The molecule has 13 heavy (non-hydrogen) atoms. The van der Waals surface area contributed by atoms with Crippen molar-refractivity contribution in [2.75, 3.05) is 13.1 Å². The van der Waals surface area contributed by atoms with Crippen LogP contribution in [0.4, 0.5) is 0 Å². The molecule has 2 rings (SSSR count). The minimum absolute atomic E-state index is 0.772. The Balaban J connectivity index is 2.05. The molecular formula is C10H16N2O. The van der Waals surface area contributed by atoms with Gasteiger partial charge in [-0.3, -0.25) is 0 Å². The molecular weight excluding hydrogens is 164 g/mol. The number of aryl methyl sites for hydroxylation is 2. The Morgan fingerprint density at radius 1 is 1.54 bits per heavy atom. The smallest absolute Gasteiger partial charge is 0.194 e. The monoisotopic (exact) mass is 180 g/mol. The maximum atomic E-state index is 5.50. The Bertz CT molecular complexity index is 289. The molecule has 1 aliphatic rings. The largest absolute Gasteiger partial charge is 0.446 e. The lowest BCUT2D eigenvalue weighted by molar-refractivity contribution is 0.343. The van der Waals surface area contributed by atoms with Gasteiger partial charge in [0.1, 0.15) is 5.76 Å². The molecule has 0 aliphatic carbocycles. The highest BCUT2D eigenvalue weighted by Gasteiger charge is 2.20. The zero-order valence-electron chi connectivity index (χ0n) is 8.26. The quantitative estimate of drug-likeness (QED) is 0.762. The average molecular weight is 180 g/mol. The topological polar surface area (TPSA) is 38.1 Å². The molecule has 0 atom stereocenters. The van der Waals surface area contributed by atoms with E-state index in [-0.39, 0.29) is 0 Å². The molecule has 0 bridgehead atoms. The van der Waals surface area contributed by atoms with E-state index in [9.17, 15) is 0 Å². The highest BCUT2D eigenvalue weighted by molar-refractivity contribution is 5.10. The number of nitrogens with one attached hydrogen (secondary N) is 1. The summed E-state index contributed by atoms with van der Waals surface area (Å²) in [6.07, 6.45) is 1.96. The first kappa shape index (κ1) is 8.75. The van der Waals surface area contributed by atoms with Crippen LogP contribution in [0.5, 0.6) is 0 Å². The van der Waals surface area contributed by atoms with E-state index in [2.05, 4.69) is 17.2 Å². The van der Waals surface area contributed by atoms with Crippen LogP contribution in [0.25, 0.3) is 0 Å². The third-order valence-corrected chi connectivity index (χ3v) is 2.59. The standard InChI is InChI=1S/C10H16N2O/c1-3-10-12-9(7(2)13-10)4-8-5-11-6-8/h8,11H,3-6H2,1-2H3. The van der Waals surface area contributed by atoms with E-state index in [0.29, 0.717) is 0 Å². The molecule has 1 N–H and O–H groups in total. The van der Waals surface area contributed by atoms with Gasteiger partial charge in [-0.05, 0) is 32.4 Å². The second-order valence-electron chi connectivity index (χ2n) is 3.69. The first-order valence-corrected chi connectivity index (χ1v) is 4.95. The molecule has 1 aromatic heterocycles. The minimum atomic E-state index is 0.772. The van der Waals surface area contributed by atoms with Crippen molar-refractivity contribution < 1.29 is 4.42 Å². The molecule has 0 amide bonds. The first-order chi connectivity index (χ1) is 6.29.